The van der Waals surface area contributed by atoms with Gasteiger partial charge in [-0.2, -0.15) is 0 Å². The minimum absolute atomic E-state index is 0.00626. The highest BCUT2D eigenvalue weighted by molar-refractivity contribution is 5.77. The first-order valence-electron chi connectivity index (χ1n) is 6.35. The van der Waals surface area contributed by atoms with E-state index in [0.717, 1.165) is 24.3 Å². The van der Waals surface area contributed by atoms with Gasteiger partial charge in [0.25, 0.3) is 0 Å². The van der Waals surface area contributed by atoms with E-state index in [0.29, 0.717) is 19.7 Å². The van der Waals surface area contributed by atoms with E-state index in [9.17, 15) is 4.79 Å². The van der Waals surface area contributed by atoms with Crippen LogP contribution in [0, 0.1) is 0 Å². The predicted octanol–water partition coefficient (Wildman–Crippen LogP) is 0.937. The van der Waals surface area contributed by atoms with Crippen molar-refractivity contribution in [2.24, 2.45) is 0 Å². The fourth-order valence-corrected chi connectivity index (χ4v) is 1.55. The minimum Gasteiger partial charge on any atom is -0.497 e. The van der Waals surface area contributed by atoms with Crippen LogP contribution >= 0.6 is 0 Å². The Morgan fingerprint density at radius 3 is 2.58 bits per heavy atom. The molecule has 0 fully saturated rings. The summed E-state index contributed by atoms with van der Waals surface area (Å²) in [5.74, 6) is 0.808. The zero-order valence-corrected chi connectivity index (χ0v) is 11.6. The lowest BCUT2D eigenvalue weighted by atomic mass is 10.2. The third-order valence-electron chi connectivity index (χ3n) is 2.64. The molecule has 0 saturated heterocycles. The number of carbonyl (C=O) groups is 1. The summed E-state index contributed by atoms with van der Waals surface area (Å²) in [6.07, 6.45) is 0.905. The van der Waals surface area contributed by atoms with Crippen molar-refractivity contribution in [3.63, 3.8) is 0 Å². The summed E-state index contributed by atoms with van der Waals surface area (Å²) in [6.45, 7) is 2.35. The number of hydrogen-bond acceptors (Lipinski definition) is 4. The van der Waals surface area contributed by atoms with Gasteiger partial charge in [0.15, 0.2) is 0 Å². The lowest BCUT2D eigenvalue weighted by Crippen LogP contribution is -2.34. The Bertz CT molecular complexity index is 365. The molecule has 0 aliphatic heterocycles. The first-order valence-corrected chi connectivity index (χ1v) is 6.35. The number of methoxy groups -OCH3 is 2. The van der Waals surface area contributed by atoms with Crippen LogP contribution in [0.2, 0.25) is 0 Å². The van der Waals surface area contributed by atoms with Crippen LogP contribution in [0.3, 0.4) is 0 Å². The molecule has 19 heavy (non-hydrogen) atoms. The maximum Gasteiger partial charge on any atom is 0.234 e. The largest absolute Gasteiger partial charge is 0.497 e. The number of carbonyl (C=O) groups excluding carboxylic acids is 1. The molecule has 1 amide bonds. The summed E-state index contributed by atoms with van der Waals surface area (Å²) in [6, 6.07) is 7.63. The van der Waals surface area contributed by atoms with Crippen molar-refractivity contribution in [3.8, 4) is 5.75 Å². The maximum atomic E-state index is 11.5. The SMILES string of the molecule is COCCCNCC(=O)NCc1ccc(OC)cc1. The molecule has 0 spiro atoms. The molecule has 0 heterocycles. The Morgan fingerprint density at radius 2 is 1.95 bits per heavy atom. The van der Waals surface area contributed by atoms with E-state index in [-0.39, 0.29) is 5.91 Å². The molecule has 0 aliphatic rings. The Labute approximate surface area is 114 Å². The lowest BCUT2D eigenvalue weighted by Gasteiger charge is -2.07. The first-order chi connectivity index (χ1) is 9.26. The molecule has 0 radical (unpaired) electrons. The Morgan fingerprint density at radius 1 is 1.21 bits per heavy atom. The zero-order valence-electron chi connectivity index (χ0n) is 11.6. The molecule has 1 aromatic rings. The number of amides is 1. The van der Waals surface area contributed by atoms with Gasteiger partial charge in [0.1, 0.15) is 5.75 Å². The molecule has 0 bridgehead atoms. The molecule has 1 aromatic carbocycles. The van der Waals surface area contributed by atoms with Gasteiger partial charge in [-0.15, -0.1) is 0 Å². The van der Waals surface area contributed by atoms with Gasteiger partial charge in [-0.3, -0.25) is 4.79 Å². The normalized spacial score (nSPS) is 10.2. The van der Waals surface area contributed by atoms with E-state index >= 15 is 0 Å². The molecule has 0 atom stereocenters. The average molecular weight is 266 g/mol. The van der Waals surface area contributed by atoms with Crippen molar-refractivity contribution >= 4 is 5.91 Å². The molecule has 0 aliphatic carbocycles. The third-order valence-corrected chi connectivity index (χ3v) is 2.64. The fourth-order valence-electron chi connectivity index (χ4n) is 1.55. The van der Waals surface area contributed by atoms with Gasteiger partial charge in [-0.05, 0) is 30.7 Å². The van der Waals surface area contributed by atoms with Crippen molar-refractivity contribution < 1.29 is 14.3 Å². The Balaban J connectivity index is 2.15. The third kappa shape index (κ3) is 6.79. The molecular formula is C14H22N2O3. The van der Waals surface area contributed by atoms with Crippen LogP contribution in [0.1, 0.15) is 12.0 Å². The standard InChI is InChI=1S/C14H22N2O3/c1-18-9-3-8-15-11-14(17)16-10-12-4-6-13(19-2)7-5-12/h4-7,15H,3,8-11H2,1-2H3,(H,16,17). The average Bonchev–Trinajstić information content (AvgIpc) is 2.45. The molecule has 5 heteroatoms. The van der Waals surface area contributed by atoms with Crippen molar-refractivity contribution in [2.45, 2.75) is 13.0 Å². The number of rotatable bonds is 9. The molecule has 0 unspecified atom stereocenters. The molecule has 106 valence electrons. The summed E-state index contributed by atoms with van der Waals surface area (Å²) >= 11 is 0. The number of benzene rings is 1. The minimum atomic E-state index is -0.00626. The van der Waals surface area contributed by atoms with Gasteiger partial charge >= 0.3 is 0 Å². The van der Waals surface area contributed by atoms with Gasteiger partial charge in [0.05, 0.1) is 13.7 Å². The van der Waals surface area contributed by atoms with Crippen molar-refractivity contribution in [1.82, 2.24) is 10.6 Å². The quantitative estimate of drug-likeness (QED) is 0.653. The lowest BCUT2D eigenvalue weighted by molar-refractivity contribution is -0.120. The number of hydrogen-bond donors (Lipinski definition) is 2. The summed E-state index contributed by atoms with van der Waals surface area (Å²) < 4.78 is 9.99. The summed E-state index contributed by atoms with van der Waals surface area (Å²) in [7, 11) is 3.30. The van der Waals surface area contributed by atoms with E-state index in [1.54, 1.807) is 14.2 Å². The van der Waals surface area contributed by atoms with Crippen LogP contribution in [-0.2, 0) is 16.1 Å². The molecule has 1 rings (SSSR count). The monoisotopic (exact) mass is 266 g/mol. The zero-order chi connectivity index (χ0) is 13.9. The van der Waals surface area contributed by atoms with Crippen LogP contribution in [0.25, 0.3) is 0 Å². The summed E-state index contributed by atoms with van der Waals surface area (Å²) in [5, 5.41) is 5.92. The van der Waals surface area contributed by atoms with E-state index in [1.807, 2.05) is 24.3 Å². The van der Waals surface area contributed by atoms with Crippen molar-refractivity contribution in [1.29, 1.82) is 0 Å². The highest BCUT2D eigenvalue weighted by Crippen LogP contribution is 2.10. The van der Waals surface area contributed by atoms with Crippen LogP contribution in [0.5, 0.6) is 5.75 Å². The van der Waals surface area contributed by atoms with E-state index in [4.69, 9.17) is 9.47 Å². The maximum absolute atomic E-state index is 11.5. The second-order valence-corrected chi connectivity index (χ2v) is 4.15. The Hall–Kier alpha value is -1.59. The number of nitrogens with one attached hydrogen (secondary N) is 2. The Kier molecular flexibility index (Phi) is 7.62. The second-order valence-electron chi connectivity index (χ2n) is 4.15. The van der Waals surface area contributed by atoms with Crippen molar-refractivity contribution in [3.05, 3.63) is 29.8 Å². The van der Waals surface area contributed by atoms with E-state index < -0.39 is 0 Å². The fraction of sp³-hybridized carbons (Fsp3) is 0.500. The van der Waals surface area contributed by atoms with Crippen LogP contribution in [-0.4, -0.2) is 39.8 Å². The molecule has 5 nitrogen and oxygen atoms in total. The first kappa shape index (κ1) is 15.5. The summed E-state index contributed by atoms with van der Waals surface area (Å²) in [4.78, 5) is 11.5. The van der Waals surface area contributed by atoms with Gasteiger partial charge in [0, 0.05) is 20.3 Å². The molecule has 0 aromatic heterocycles. The van der Waals surface area contributed by atoms with Crippen LogP contribution < -0.4 is 15.4 Å². The van der Waals surface area contributed by atoms with Gasteiger partial charge in [-0.1, -0.05) is 12.1 Å². The molecule has 0 saturated carbocycles. The van der Waals surface area contributed by atoms with E-state index in [1.165, 1.54) is 0 Å². The molecule has 2 N–H and O–H groups in total. The van der Waals surface area contributed by atoms with Crippen molar-refractivity contribution in [2.75, 3.05) is 33.9 Å². The van der Waals surface area contributed by atoms with Gasteiger partial charge in [0.2, 0.25) is 5.91 Å². The topological polar surface area (TPSA) is 59.6 Å². The van der Waals surface area contributed by atoms with Crippen LogP contribution in [0.4, 0.5) is 0 Å². The predicted molar refractivity (Wildman–Crippen MR) is 74.2 cm³/mol. The number of ether oxygens (including phenoxy) is 2. The van der Waals surface area contributed by atoms with Gasteiger partial charge in [-0.25, -0.2) is 0 Å². The highest BCUT2D eigenvalue weighted by atomic mass is 16.5. The smallest absolute Gasteiger partial charge is 0.234 e. The van der Waals surface area contributed by atoms with E-state index in [2.05, 4.69) is 10.6 Å². The highest BCUT2D eigenvalue weighted by Gasteiger charge is 2.00. The second kappa shape index (κ2) is 9.35. The molecular weight excluding hydrogens is 244 g/mol. The summed E-state index contributed by atoms with van der Waals surface area (Å²) in [5.41, 5.74) is 1.05. The van der Waals surface area contributed by atoms with Gasteiger partial charge < -0.3 is 20.1 Å². The van der Waals surface area contributed by atoms with Crippen LogP contribution in [0.15, 0.2) is 24.3 Å².